The highest BCUT2D eigenvalue weighted by molar-refractivity contribution is 5.80. The summed E-state index contributed by atoms with van der Waals surface area (Å²) >= 11 is 0. The molecule has 2 aromatic rings. The second kappa shape index (κ2) is 9.87. The number of amides is 1. The van der Waals surface area contributed by atoms with Crippen LogP contribution in [0.1, 0.15) is 45.4 Å². The van der Waals surface area contributed by atoms with Crippen molar-refractivity contribution < 1.29 is 4.79 Å². The molecule has 1 aliphatic rings. The van der Waals surface area contributed by atoms with Crippen LogP contribution in [0.5, 0.6) is 0 Å². The van der Waals surface area contributed by atoms with Crippen molar-refractivity contribution in [3.63, 3.8) is 0 Å². The van der Waals surface area contributed by atoms with Crippen molar-refractivity contribution in [2.45, 2.75) is 64.6 Å². The van der Waals surface area contributed by atoms with E-state index in [9.17, 15) is 14.4 Å². The quantitative estimate of drug-likeness (QED) is 0.543. The van der Waals surface area contributed by atoms with Crippen LogP contribution >= 0.6 is 0 Å². The largest absolute Gasteiger partial charge is 0.355 e. The second-order valence-corrected chi connectivity index (χ2v) is 7.91. The van der Waals surface area contributed by atoms with Crippen molar-refractivity contribution >= 4 is 16.9 Å². The van der Waals surface area contributed by atoms with Gasteiger partial charge in [0.1, 0.15) is 6.54 Å². The van der Waals surface area contributed by atoms with E-state index in [4.69, 9.17) is 0 Å². The van der Waals surface area contributed by atoms with E-state index in [1.54, 1.807) is 12.1 Å². The molecule has 1 aromatic heterocycles. The number of fused-ring (bicyclic) bond motifs is 1. The van der Waals surface area contributed by atoms with Crippen LogP contribution in [0.2, 0.25) is 0 Å². The number of aromatic nitrogens is 2. The van der Waals surface area contributed by atoms with Crippen molar-refractivity contribution in [1.82, 2.24) is 19.4 Å². The lowest BCUT2D eigenvalue weighted by Gasteiger charge is -2.31. The van der Waals surface area contributed by atoms with Gasteiger partial charge in [0.25, 0.3) is 0 Å². The molecule has 0 radical (unpaired) electrons. The van der Waals surface area contributed by atoms with Crippen molar-refractivity contribution in [3.8, 4) is 0 Å². The SMILES string of the molecule is CCn1c(=O)c(=O)n(CC(=O)NCCCN(C)C2CCCCC2)c2ccccc21. The van der Waals surface area contributed by atoms with Gasteiger partial charge in [-0.1, -0.05) is 31.4 Å². The normalized spacial score (nSPS) is 15.1. The van der Waals surface area contributed by atoms with E-state index in [2.05, 4.69) is 17.3 Å². The van der Waals surface area contributed by atoms with Gasteiger partial charge in [-0.05, 0) is 51.9 Å². The van der Waals surface area contributed by atoms with E-state index < -0.39 is 11.1 Å². The molecule has 7 nitrogen and oxygen atoms in total. The van der Waals surface area contributed by atoms with E-state index in [-0.39, 0.29) is 12.5 Å². The Hall–Kier alpha value is -2.41. The van der Waals surface area contributed by atoms with E-state index in [1.165, 1.54) is 41.2 Å². The minimum absolute atomic E-state index is 0.141. The van der Waals surface area contributed by atoms with Crippen LogP contribution in [0.4, 0.5) is 0 Å². The first-order valence-electron chi connectivity index (χ1n) is 10.7. The molecule has 1 aliphatic carbocycles. The molecule has 1 heterocycles. The average Bonchev–Trinajstić information content (AvgIpc) is 2.75. The molecule has 0 saturated heterocycles. The lowest BCUT2D eigenvalue weighted by Crippen LogP contribution is -2.44. The maximum Gasteiger partial charge on any atom is 0.317 e. The Morgan fingerprint density at radius 2 is 1.69 bits per heavy atom. The van der Waals surface area contributed by atoms with E-state index in [0.717, 1.165) is 13.0 Å². The third kappa shape index (κ3) is 4.96. The van der Waals surface area contributed by atoms with Crippen molar-refractivity contribution in [3.05, 3.63) is 45.0 Å². The van der Waals surface area contributed by atoms with Crippen molar-refractivity contribution in [1.29, 1.82) is 0 Å². The van der Waals surface area contributed by atoms with Gasteiger partial charge in [-0.3, -0.25) is 19.0 Å². The molecule has 1 aromatic carbocycles. The lowest BCUT2D eigenvalue weighted by molar-refractivity contribution is -0.121. The van der Waals surface area contributed by atoms with Gasteiger partial charge in [0.2, 0.25) is 5.91 Å². The summed E-state index contributed by atoms with van der Waals surface area (Å²) in [5.74, 6) is -0.244. The highest BCUT2D eigenvalue weighted by Crippen LogP contribution is 2.21. The van der Waals surface area contributed by atoms with Crippen LogP contribution in [0.25, 0.3) is 11.0 Å². The molecular weight excluding hydrogens is 368 g/mol. The standard InChI is InChI=1S/C22H32N4O3/c1-3-25-18-12-7-8-13-19(18)26(22(29)21(25)28)16-20(27)23-14-9-15-24(2)17-10-5-4-6-11-17/h7-8,12-13,17H,3-6,9-11,14-16H2,1-2H3,(H,23,27). The van der Waals surface area contributed by atoms with Gasteiger partial charge in [0.05, 0.1) is 11.0 Å². The molecule has 0 atom stereocenters. The summed E-state index contributed by atoms with van der Waals surface area (Å²) in [4.78, 5) is 39.8. The summed E-state index contributed by atoms with van der Waals surface area (Å²) in [5.41, 5.74) is 0.0264. The molecule has 158 valence electrons. The van der Waals surface area contributed by atoms with Crippen LogP contribution in [-0.4, -0.2) is 46.1 Å². The molecule has 1 N–H and O–H groups in total. The Morgan fingerprint density at radius 3 is 2.34 bits per heavy atom. The molecule has 1 fully saturated rings. The molecule has 0 unspecified atom stereocenters. The fourth-order valence-corrected chi connectivity index (χ4v) is 4.30. The number of nitrogens with zero attached hydrogens (tertiary/aromatic N) is 3. The van der Waals surface area contributed by atoms with Crippen molar-refractivity contribution in [2.75, 3.05) is 20.1 Å². The zero-order valence-corrected chi connectivity index (χ0v) is 17.5. The van der Waals surface area contributed by atoms with Gasteiger partial charge in [-0.2, -0.15) is 0 Å². The minimum Gasteiger partial charge on any atom is -0.355 e. The first kappa shape index (κ1) is 21.3. The average molecular weight is 401 g/mol. The Labute approximate surface area is 171 Å². The number of hydrogen-bond donors (Lipinski definition) is 1. The number of benzene rings is 1. The molecule has 1 saturated carbocycles. The van der Waals surface area contributed by atoms with Crippen molar-refractivity contribution in [2.24, 2.45) is 0 Å². The summed E-state index contributed by atoms with van der Waals surface area (Å²) < 4.78 is 2.74. The Kier molecular flexibility index (Phi) is 7.25. The van der Waals surface area contributed by atoms with Crippen LogP contribution in [0.15, 0.2) is 33.9 Å². The van der Waals surface area contributed by atoms with Crippen LogP contribution in [0.3, 0.4) is 0 Å². The number of hydrogen-bond acceptors (Lipinski definition) is 4. The van der Waals surface area contributed by atoms with Crippen LogP contribution in [0, 0.1) is 0 Å². The summed E-state index contributed by atoms with van der Waals surface area (Å²) in [6.07, 6.45) is 7.36. The highest BCUT2D eigenvalue weighted by atomic mass is 16.2. The summed E-state index contributed by atoms with van der Waals surface area (Å²) in [6.45, 7) is 3.61. The van der Waals surface area contributed by atoms with E-state index >= 15 is 0 Å². The van der Waals surface area contributed by atoms with Gasteiger partial charge >= 0.3 is 11.1 Å². The zero-order chi connectivity index (χ0) is 20.8. The highest BCUT2D eigenvalue weighted by Gasteiger charge is 2.18. The number of carbonyl (C=O) groups is 1. The second-order valence-electron chi connectivity index (χ2n) is 7.91. The summed E-state index contributed by atoms with van der Waals surface area (Å²) in [6, 6.07) is 7.87. The third-order valence-electron chi connectivity index (χ3n) is 5.96. The topological polar surface area (TPSA) is 76.3 Å². The molecule has 7 heteroatoms. The number of para-hydroxylation sites is 2. The van der Waals surface area contributed by atoms with Gasteiger partial charge in [-0.25, -0.2) is 0 Å². The molecule has 1 amide bonds. The zero-order valence-electron chi connectivity index (χ0n) is 17.5. The van der Waals surface area contributed by atoms with Gasteiger partial charge in [-0.15, -0.1) is 0 Å². The molecule has 3 rings (SSSR count). The third-order valence-corrected chi connectivity index (χ3v) is 5.96. The maximum absolute atomic E-state index is 12.5. The predicted octanol–water partition coefficient (Wildman–Crippen LogP) is 1.95. The molecular formula is C22H32N4O3. The van der Waals surface area contributed by atoms with Gasteiger partial charge in [0.15, 0.2) is 0 Å². The number of rotatable bonds is 8. The molecule has 29 heavy (non-hydrogen) atoms. The van der Waals surface area contributed by atoms with E-state index in [1.807, 2.05) is 19.1 Å². The summed E-state index contributed by atoms with van der Waals surface area (Å²) in [7, 11) is 2.16. The number of carbonyl (C=O) groups excluding carboxylic acids is 1. The minimum atomic E-state index is -0.655. The molecule has 0 spiro atoms. The fourth-order valence-electron chi connectivity index (χ4n) is 4.30. The van der Waals surface area contributed by atoms with Crippen LogP contribution in [-0.2, 0) is 17.9 Å². The number of nitrogens with one attached hydrogen (secondary N) is 1. The molecule has 0 bridgehead atoms. The number of aryl methyl sites for hydroxylation is 1. The summed E-state index contributed by atoms with van der Waals surface area (Å²) in [5, 5.41) is 2.90. The maximum atomic E-state index is 12.5. The first-order valence-corrected chi connectivity index (χ1v) is 10.7. The van der Waals surface area contributed by atoms with Crippen LogP contribution < -0.4 is 16.4 Å². The van der Waals surface area contributed by atoms with Gasteiger partial charge < -0.3 is 14.8 Å². The monoisotopic (exact) mass is 400 g/mol. The lowest BCUT2D eigenvalue weighted by atomic mass is 9.94. The van der Waals surface area contributed by atoms with E-state index in [0.29, 0.717) is 30.2 Å². The smallest absolute Gasteiger partial charge is 0.317 e. The Bertz CT molecular complexity index is 957. The Balaban J connectivity index is 1.60. The molecule has 0 aliphatic heterocycles. The van der Waals surface area contributed by atoms with Gasteiger partial charge in [0, 0.05) is 19.1 Å². The fraction of sp³-hybridized carbons (Fsp3) is 0.591. The Morgan fingerprint density at radius 1 is 1.07 bits per heavy atom. The predicted molar refractivity (Wildman–Crippen MR) is 115 cm³/mol. The first-order chi connectivity index (χ1) is 14.0.